The van der Waals surface area contributed by atoms with E-state index < -0.39 is 5.54 Å². The predicted octanol–water partition coefficient (Wildman–Crippen LogP) is 3.87. The smallest absolute Gasteiger partial charge is 0.280 e. The summed E-state index contributed by atoms with van der Waals surface area (Å²) >= 11 is 1.36. The largest absolute Gasteiger partial charge is 0.381 e. The third kappa shape index (κ3) is 3.15. The third-order valence-electron chi connectivity index (χ3n) is 4.56. The van der Waals surface area contributed by atoms with E-state index in [1.54, 1.807) is 6.07 Å². The Morgan fingerprint density at radius 1 is 1.16 bits per heavy atom. The van der Waals surface area contributed by atoms with Gasteiger partial charge in [0.1, 0.15) is 5.82 Å². The molecule has 0 spiro atoms. The standard InChI is InChI=1S/C19H17FN2O2S/c20-14-5-3-4-13(12-14)19(8-10-24-11-9-19)22-17(23)18-21-15-6-1-2-7-16(15)25-18/h1-7,12H,8-11H2,(H,22,23). The number of thiazole rings is 1. The van der Waals surface area contributed by atoms with Crippen LogP contribution in [0.15, 0.2) is 48.5 Å². The molecule has 1 amide bonds. The van der Waals surface area contributed by atoms with Gasteiger partial charge >= 0.3 is 0 Å². The van der Waals surface area contributed by atoms with Crippen molar-refractivity contribution in [2.45, 2.75) is 18.4 Å². The molecule has 128 valence electrons. The van der Waals surface area contributed by atoms with E-state index in [0.29, 0.717) is 31.1 Å². The van der Waals surface area contributed by atoms with E-state index >= 15 is 0 Å². The van der Waals surface area contributed by atoms with Crippen LogP contribution in [0.4, 0.5) is 4.39 Å². The van der Waals surface area contributed by atoms with Gasteiger partial charge in [-0.3, -0.25) is 4.79 Å². The van der Waals surface area contributed by atoms with Gasteiger partial charge in [0.25, 0.3) is 5.91 Å². The summed E-state index contributed by atoms with van der Waals surface area (Å²) in [6.45, 7) is 1.05. The van der Waals surface area contributed by atoms with Crippen LogP contribution in [-0.4, -0.2) is 24.1 Å². The number of fused-ring (bicyclic) bond motifs is 1. The normalized spacial score (nSPS) is 16.7. The number of para-hydroxylation sites is 1. The van der Waals surface area contributed by atoms with Gasteiger partial charge in [-0.2, -0.15) is 0 Å². The summed E-state index contributed by atoms with van der Waals surface area (Å²) in [5.41, 5.74) is 0.949. The van der Waals surface area contributed by atoms with Crippen LogP contribution in [0.25, 0.3) is 10.2 Å². The molecule has 1 aliphatic rings. The Kier molecular flexibility index (Phi) is 4.23. The van der Waals surface area contributed by atoms with Gasteiger partial charge in [-0.1, -0.05) is 24.3 Å². The predicted molar refractivity (Wildman–Crippen MR) is 95.2 cm³/mol. The van der Waals surface area contributed by atoms with Gasteiger partial charge < -0.3 is 10.1 Å². The van der Waals surface area contributed by atoms with Crippen LogP contribution in [0.1, 0.15) is 28.2 Å². The molecule has 2 aromatic carbocycles. The molecule has 4 rings (SSSR count). The van der Waals surface area contributed by atoms with E-state index in [-0.39, 0.29) is 11.7 Å². The minimum atomic E-state index is -0.630. The van der Waals surface area contributed by atoms with E-state index in [1.165, 1.54) is 23.5 Å². The number of rotatable bonds is 3. The quantitative estimate of drug-likeness (QED) is 0.775. The molecule has 1 aliphatic heterocycles. The molecule has 0 aliphatic carbocycles. The molecule has 25 heavy (non-hydrogen) atoms. The molecule has 1 aromatic heterocycles. The Hall–Kier alpha value is -2.31. The SMILES string of the molecule is O=C(NC1(c2cccc(F)c2)CCOCC1)c1nc2ccccc2s1. The number of amides is 1. The average Bonchev–Trinajstić information content (AvgIpc) is 3.07. The highest BCUT2D eigenvalue weighted by molar-refractivity contribution is 7.20. The number of aromatic nitrogens is 1. The van der Waals surface area contributed by atoms with Gasteiger partial charge in [-0.15, -0.1) is 11.3 Å². The first-order valence-corrected chi connectivity index (χ1v) is 9.00. The van der Waals surface area contributed by atoms with Crippen molar-refractivity contribution in [1.82, 2.24) is 10.3 Å². The average molecular weight is 356 g/mol. The molecule has 0 radical (unpaired) electrons. The van der Waals surface area contributed by atoms with E-state index in [9.17, 15) is 9.18 Å². The summed E-state index contributed by atoms with van der Waals surface area (Å²) in [6, 6.07) is 14.1. The van der Waals surface area contributed by atoms with Gasteiger partial charge in [0.2, 0.25) is 0 Å². The minimum Gasteiger partial charge on any atom is -0.381 e. The number of halogens is 1. The maximum atomic E-state index is 13.7. The molecular formula is C19H17FN2O2S. The van der Waals surface area contributed by atoms with Gasteiger partial charge in [0.15, 0.2) is 5.01 Å². The van der Waals surface area contributed by atoms with Gasteiger partial charge in [0.05, 0.1) is 15.8 Å². The monoisotopic (exact) mass is 356 g/mol. The first kappa shape index (κ1) is 16.2. The van der Waals surface area contributed by atoms with Gasteiger partial charge in [0, 0.05) is 13.2 Å². The van der Waals surface area contributed by atoms with E-state index in [4.69, 9.17) is 4.74 Å². The zero-order valence-electron chi connectivity index (χ0n) is 13.5. The Morgan fingerprint density at radius 2 is 1.96 bits per heavy atom. The molecular weight excluding hydrogens is 339 g/mol. The number of carbonyl (C=O) groups excluding carboxylic acids is 1. The first-order chi connectivity index (χ1) is 12.2. The number of hydrogen-bond acceptors (Lipinski definition) is 4. The molecule has 3 aromatic rings. The maximum Gasteiger partial charge on any atom is 0.280 e. The zero-order chi connectivity index (χ0) is 17.3. The van der Waals surface area contributed by atoms with Crippen LogP contribution in [-0.2, 0) is 10.3 Å². The minimum absolute atomic E-state index is 0.229. The third-order valence-corrected chi connectivity index (χ3v) is 5.60. The Labute approximate surface area is 148 Å². The second-order valence-corrected chi connectivity index (χ2v) is 7.18. The summed E-state index contributed by atoms with van der Waals surface area (Å²) in [7, 11) is 0. The lowest BCUT2D eigenvalue weighted by atomic mass is 9.82. The fourth-order valence-corrected chi connectivity index (χ4v) is 4.09. The number of nitrogens with zero attached hydrogens (tertiary/aromatic N) is 1. The Bertz CT molecular complexity index is 885. The summed E-state index contributed by atoms with van der Waals surface area (Å²) < 4.78 is 20.2. The van der Waals surface area contributed by atoms with Crippen LogP contribution in [0.2, 0.25) is 0 Å². The van der Waals surface area contributed by atoms with Crippen LogP contribution >= 0.6 is 11.3 Å². The molecule has 0 bridgehead atoms. The van der Waals surface area contributed by atoms with Crippen molar-refractivity contribution in [1.29, 1.82) is 0 Å². The highest BCUT2D eigenvalue weighted by Crippen LogP contribution is 2.33. The van der Waals surface area contributed by atoms with Crippen molar-refractivity contribution in [3.8, 4) is 0 Å². The topological polar surface area (TPSA) is 51.2 Å². The van der Waals surface area contributed by atoms with Crippen LogP contribution in [0.3, 0.4) is 0 Å². The summed E-state index contributed by atoms with van der Waals surface area (Å²) in [5.74, 6) is -0.537. The van der Waals surface area contributed by atoms with Crippen LogP contribution < -0.4 is 5.32 Å². The van der Waals surface area contributed by atoms with Crippen molar-refractivity contribution in [3.63, 3.8) is 0 Å². The van der Waals surface area contributed by atoms with Crippen molar-refractivity contribution in [2.24, 2.45) is 0 Å². The molecule has 2 heterocycles. The maximum absolute atomic E-state index is 13.7. The second-order valence-electron chi connectivity index (χ2n) is 6.15. The molecule has 6 heteroatoms. The lowest BCUT2D eigenvalue weighted by molar-refractivity contribution is 0.0344. The summed E-state index contributed by atoms with van der Waals surface area (Å²) in [5, 5.41) is 3.54. The molecule has 1 fully saturated rings. The second kappa shape index (κ2) is 6.54. The van der Waals surface area contributed by atoms with Crippen molar-refractivity contribution in [2.75, 3.05) is 13.2 Å². The van der Waals surface area contributed by atoms with Crippen molar-refractivity contribution < 1.29 is 13.9 Å². The molecule has 0 atom stereocenters. The molecule has 1 saturated heterocycles. The molecule has 4 nitrogen and oxygen atoms in total. The lowest BCUT2D eigenvalue weighted by Gasteiger charge is -2.38. The zero-order valence-corrected chi connectivity index (χ0v) is 14.3. The van der Waals surface area contributed by atoms with Crippen LogP contribution in [0, 0.1) is 5.82 Å². The van der Waals surface area contributed by atoms with Crippen molar-refractivity contribution in [3.05, 3.63) is 64.9 Å². The fourth-order valence-electron chi connectivity index (χ4n) is 3.23. The lowest BCUT2D eigenvalue weighted by Crippen LogP contribution is -2.49. The first-order valence-electron chi connectivity index (χ1n) is 8.18. The van der Waals surface area contributed by atoms with Gasteiger partial charge in [-0.05, 0) is 42.7 Å². The molecule has 0 unspecified atom stereocenters. The Balaban J connectivity index is 1.67. The highest BCUT2D eigenvalue weighted by atomic mass is 32.1. The van der Waals surface area contributed by atoms with E-state index in [1.807, 2.05) is 30.3 Å². The summed E-state index contributed by atoms with van der Waals surface area (Å²) in [6.07, 6.45) is 1.21. The number of carbonyl (C=O) groups is 1. The number of nitrogens with one attached hydrogen (secondary N) is 1. The number of benzene rings is 2. The fraction of sp³-hybridized carbons (Fsp3) is 0.263. The summed E-state index contributed by atoms with van der Waals surface area (Å²) in [4.78, 5) is 17.3. The van der Waals surface area contributed by atoms with E-state index in [2.05, 4.69) is 10.3 Å². The van der Waals surface area contributed by atoms with E-state index in [0.717, 1.165) is 15.8 Å². The van der Waals surface area contributed by atoms with Gasteiger partial charge in [-0.25, -0.2) is 9.37 Å². The molecule has 1 N–H and O–H groups in total. The Morgan fingerprint density at radius 3 is 2.72 bits per heavy atom. The highest BCUT2D eigenvalue weighted by Gasteiger charge is 2.37. The van der Waals surface area contributed by atoms with Crippen molar-refractivity contribution >= 4 is 27.5 Å². The number of ether oxygens (including phenoxy) is 1. The molecule has 0 saturated carbocycles. The number of hydrogen-bond donors (Lipinski definition) is 1. The van der Waals surface area contributed by atoms with Crippen LogP contribution in [0.5, 0.6) is 0 Å².